The molecule has 0 aromatic carbocycles. The SMILES string of the molecule is CN1CCC(C(C)(C)CC2CN(C)CC(C(C)(C)C)O2)CC1. The molecule has 3 nitrogen and oxygen atoms in total. The fourth-order valence-electron chi connectivity index (χ4n) is 4.16. The number of piperidine rings is 1. The predicted octanol–water partition coefficient (Wildman–Crippen LogP) is 3.49. The summed E-state index contributed by atoms with van der Waals surface area (Å²) < 4.78 is 6.52. The maximum Gasteiger partial charge on any atom is 0.0754 e. The maximum absolute atomic E-state index is 6.52. The van der Waals surface area contributed by atoms with E-state index in [0.29, 0.717) is 17.6 Å². The number of morpholine rings is 1. The van der Waals surface area contributed by atoms with Gasteiger partial charge in [-0.2, -0.15) is 0 Å². The van der Waals surface area contributed by atoms with E-state index in [9.17, 15) is 0 Å². The predicted molar refractivity (Wildman–Crippen MR) is 94.2 cm³/mol. The highest BCUT2D eigenvalue weighted by Crippen LogP contribution is 2.40. The lowest BCUT2D eigenvalue weighted by Gasteiger charge is -2.46. The minimum absolute atomic E-state index is 0.227. The van der Waals surface area contributed by atoms with Gasteiger partial charge in [-0.05, 0) is 63.2 Å². The zero-order chi connectivity index (χ0) is 16.5. The lowest BCUT2D eigenvalue weighted by Crippen LogP contribution is -2.52. The van der Waals surface area contributed by atoms with Crippen LogP contribution >= 0.6 is 0 Å². The number of likely N-dealkylation sites (N-methyl/N-ethyl adjacent to an activating group) is 1. The Morgan fingerprint density at radius 1 is 0.909 bits per heavy atom. The molecular weight excluding hydrogens is 272 g/mol. The van der Waals surface area contributed by atoms with E-state index < -0.39 is 0 Å². The molecule has 0 aliphatic carbocycles. The van der Waals surface area contributed by atoms with Crippen molar-refractivity contribution in [2.24, 2.45) is 16.7 Å². The van der Waals surface area contributed by atoms with Gasteiger partial charge in [-0.25, -0.2) is 0 Å². The molecule has 2 saturated heterocycles. The maximum atomic E-state index is 6.52. The summed E-state index contributed by atoms with van der Waals surface area (Å²) in [5.74, 6) is 0.840. The minimum Gasteiger partial charge on any atom is -0.372 e. The van der Waals surface area contributed by atoms with Crippen LogP contribution in [0.1, 0.15) is 53.9 Å². The Labute approximate surface area is 138 Å². The summed E-state index contributed by atoms with van der Waals surface area (Å²) >= 11 is 0. The first kappa shape index (κ1) is 18.2. The topological polar surface area (TPSA) is 15.7 Å². The molecule has 2 fully saturated rings. The average Bonchev–Trinajstić information content (AvgIpc) is 2.36. The van der Waals surface area contributed by atoms with E-state index in [1.165, 1.54) is 32.4 Å². The van der Waals surface area contributed by atoms with E-state index in [-0.39, 0.29) is 5.41 Å². The van der Waals surface area contributed by atoms with Crippen molar-refractivity contribution in [3.8, 4) is 0 Å². The number of hydrogen-bond acceptors (Lipinski definition) is 3. The van der Waals surface area contributed by atoms with Gasteiger partial charge in [0, 0.05) is 13.1 Å². The van der Waals surface area contributed by atoms with Gasteiger partial charge in [0.05, 0.1) is 12.2 Å². The molecule has 0 N–H and O–H groups in total. The third-order valence-electron chi connectivity index (χ3n) is 5.89. The molecular formula is C19H38N2O. The van der Waals surface area contributed by atoms with Gasteiger partial charge in [0.15, 0.2) is 0 Å². The van der Waals surface area contributed by atoms with Crippen LogP contribution in [-0.4, -0.2) is 62.3 Å². The monoisotopic (exact) mass is 310 g/mol. The second-order valence-electron chi connectivity index (χ2n) is 9.60. The number of nitrogens with zero attached hydrogens (tertiary/aromatic N) is 2. The first-order valence-corrected chi connectivity index (χ1v) is 9.10. The van der Waals surface area contributed by atoms with Crippen LogP contribution in [0.5, 0.6) is 0 Å². The molecule has 2 aliphatic rings. The summed E-state index contributed by atoms with van der Waals surface area (Å²) in [5, 5.41) is 0. The summed E-state index contributed by atoms with van der Waals surface area (Å²) in [6, 6.07) is 0. The highest BCUT2D eigenvalue weighted by molar-refractivity contribution is 4.89. The standard InChI is InChI=1S/C19H38N2O/c1-18(2,3)17-14-21(7)13-16(22-17)12-19(4,5)15-8-10-20(6)11-9-15/h15-17H,8-14H2,1-7H3. The van der Waals surface area contributed by atoms with Gasteiger partial charge in [0.2, 0.25) is 0 Å². The molecule has 0 aromatic heterocycles. The average molecular weight is 311 g/mol. The number of hydrogen-bond donors (Lipinski definition) is 0. The zero-order valence-electron chi connectivity index (χ0n) is 16.0. The van der Waals surface area contributed by atoms with Crippen LogP contribution in [0, 0.1) is 16.7 Å². The van der Waals surface area contributed by atoms with Gasteiger partial charge in [-0.15, -0.1) is 0 Å². The Bertz CT molecular complexity index is 353. The van der Waals surface area contributed by atoms with Crippen LogP contribution < -0.4 is 0 Å². The number of ether oxygens (including phenoxy) is 1. The molecule has 2 unspecified atom stereocenters. The molecule has 2 aliphatic heterocycles. The van der Waals surface area contributed by atoms with E-state index in [0.717, 1.165) is 19.0 Å². The smallest absolute Gasteiger partial charge is 0.0754 e. The van der Waals surface area contributed by atoms with Crippen molar-refractivity contribution in [3.05, 3.63) is 0 Å². The number of rotatable bonds is 3. The Morgan fingerprint density at radius 2 is 1.50 bits per heavy atom. The van der Waals surface area contributed by atoms with Crippen molar-refractivity contribution in [1.82, 2.24) is 9.80 Å². The van der Waals surface area contributed by atoms with Gasteiger partial charge in [0.25, 0.3) is 0 Å². The fourth-order valence-corrected chi connectivity index (χ4v) is 4.16. The molecule has 0 bridgehead atoms. The van der Waals surface area contributed by atoms with E-state index >= 15 is 0 Å². The van der Waals surface area contributed by atoms with E-state index in [1.54, 1.807) is 0 Å². The third kappa shape index (κ3) is 4.69. The first-order valence-electron chi connectivity index (χ1n) is 9.10. The van der Waals surface area contributed by atoms with E-state index in [2.05, 4.69) is 58.5 Å². The van der Waals surface area contributed by atoms with Crippen molar-refractivity contribution in [2.75, 3.05) is 40.3 Å². The summed E-state index contributed by atoms with van der Waals surface area (Å²) in [6.07, 6.45) is 4.61. The van der Waals surface area contributed by atoms with Crippen LogP contribution in [0.15, 0.2) is 0 Å². The first-order chi connectivity index (χ1) is 10.1. The second kappa shape index (κ2) is 6.78. The highest BCUT2D eigenvalue weighted by Gasteiger charge is 2.39. The van der Waals surface area contributed by atoms with Crippen molar-refractivity contribution in [1.29, 1.82) is 0 Å². The Morgan fingerprint density at radius 3 is 2.05 bits per heavy atom. The minimum atomic E-state index is 0.227. The molecule has 0 aromatic rings. The molecule has 130 valence electrons. The van der Waals surface area contributed by atoms with Crippen molar-refractivity contribution in [2.45, 2.75) is 66.1 Å². The van der Waals surface area contributed by atoms with Crippen LogP contribution in [-0.2, 0) is 4.74 Å². The largest absolute Gasteiger partial charge is 0.372 e. The summed E-state index contributed by atoms with van der Waals surface area (Å²) in [5.41, 5.74) is 0.608. The summed E-state index contributed by atoms with van der Waals surface area (Å²) in [4.78, 5) is 4.93. The van der Waals surface area contributed by atoms with Crippen LogP contribution in [0.2, 0.25) is 0 Å². The normalized spacial score (nSPS) is 30.7. The molecule has 0 saturated carbocycles. The molecule has 3 heteroatoms. The van der Waals surface area contributed by atoms with Gasteiger partial charge in [0.1, 0.15) is 0 Å². The van der Waals surface area contributed by atoms with Gasteiger partial charge >= 0.3 is 0 Å². The summed E-state index contributed by atoms with van der Waals surface area (Å²) in [6.45, 7) is 16.5. The Hall–Kier alpha value is -0.120. The summed E-state index contributed by atoms with van der Waals surface area (Å²) in [7, 11) is 4.49. The van der Waals surface area contributed by atoms with E-state index in [4.69, 9.17) is 4.74 Å². The molecule has 0 amide bonds. The van der Waals surface area contributed by atoms with Gasteiger partial charge in [-0.3, -0.25) is 0 Å². The van der Waals surface area contributed by atoms with E-state index in [1.807, 2.05) is 0 Å². The van der Waals surface area contributed by atoms with Gasteiger partial charge in [-0.1, -0.05) is 34.6 Å². The van der Waals surface area contributed by atoms with Crippen molar-refractivity contribution >= 4 is 0 Å². The Balaban J connectivity index is 1.96. The zero-order valence-corrected chi connectivity index (χ0v) is 16.0. The lowest BCUT2D eigenvalue weighted by molar-refractivity contribution is -0.136. The third-order valence-corrected chi connectivity index (χ3v) is 5.89. The molecule has 0 radical (unpaired) electrons. The van der Waals surface area contributed by atoms with Crippen molar-refractivity contribution in [3.63, 3.8) is 0 Å². The second-order valence-corrected chi connectivity index (χ2v) is 9.60. The molecule has 2 atom stereocenters. The Kier molecular flexibility index (Phi) is 5.62. The van der Waals surface area contributed by atoms with Crippen molar-refractivity contribution < 1.29 is 4.74 Å². The lowest BCUT2D eigenvalue weighted by atomic mass is 9.70. The molecule has 0 spiro atoms. The van der Waals surface area contributed by atoms with Crippen LogP contribution in [0.4, 0.5) is 0 Å². The van der Waals surface area contributed by atoms with Gasteiger partial charge < -0.3 is 14.5 Å². The van der Waals surface area contributed by atoms with Crippen LogP contribution in [0.25, 0.3) is 0 Å². The van der Waals surface area contributed by atoms with Crippen LogP contribution in [0.3, 0.4) is 0 Å². The molecule has 2 heterocycles. The highest BCUT2D eigenvalue weighted by atomic mass is 16.5. The fraction of sp³-hybridized carbons (Fsp3) is 1.00. The molecule has 2 rings (SSSR count). The quantitative estimate of drug-likeness (QED) is 0.793. The number of likely N-dealkylation sites (tertiary alicyclic amines) is 1. The molecule has 22 heavy (non-hydrogen) atoms.